The number of hydrogen-bond acceptors (Lipinski definition) is 5. The van der Waals surface area contributed by atoms with E-state index in [0.717, 1.165) is 16.8 Å². The van der Waals surface area contributed by atoms with Gasteiger partial charge in [0.1, 0.15) is 5.82 Å². The van der Waals surface area contributed by atoms with Gasteiger partial charge < -0.3 is 5.32 Å². The molecule has 0 radical (unpaired) electrons. The molecule has 0 aromatic carbocycles. The number of halogens is 1. The average Bonchev–Trinajstić information content (AvgIpc) is 3.09. The summed E-state index contributed by atoms with van der Waals surface area (Å²) in [5.74, 6) is 6.49. The van der Waals surface area contributed by atoms with Crippen LogP contribution in [0.25, 0.3) is 0 Å². The van der Waals surface area contributed by atoms with E-state index >= 15 is 0 Å². The number of rotatable bonds is 5. The first-order valence-corrected chi connectivity index (χ1v) is 6.21. The first kappa shape index (κ1) is 11.6. The fraction of sp³-hybridized carbons (Fsp3) is 0.600. The van der Waals surface area contributed by atoms with Gasteiger partial charge in [-0.2, -0.15) is 4.98 Å². The van der Waals surface area contributed by atoms with Gasteiger partial charge in [0.2, 0.25) is 5.95 Å². The molecule has 6 heteroatoms. The summed E-state index contributed by atoms with van der Waals surface area (Å²) in [5, 5.41) is 3.35. The molecule has 16 heavy (non-hydrogen) atoms. The zero-order chi connectivity index (χ0) is 11.6. The van der Waals surface area contributed by atoms with Gasteiger partial charge in [0, 0.05) is 12.7 Å². The van der Waals surface area contributed by atoms with E-state index in [1.54, 1.807) is 6.20 Å². The molecule has 1 aliphatic carbocycles. The third-order valence-electron chi connectivity index (χ3n) is 3.21. The van der Waals surface area contributed by atoms with Crippen LogP contribution in [-0.4, -0.2) is 16.5 Å². The van der Waals surface area contributed by atoms with E-state index < -0.39 is 0 Å². The van der Waals surface area contributed by atoms with Crippen molar-refractivity contribution < 1.29 is 0 Å². The van der Waals surface area contributed by atoms with Crippen molar-refractivity contribution >= 4 is 27.7 Å². The Morgan fingerprint density at radius 3 is 2.88 bits per heavy atom. The van der Waals surface area contributed by atoms with Crippen LogP contribution < -0.4 is 16.6 Å². The van der Waals surface area contributed by atoms with E-state index in [4.69, 9.17) is 5.84 Å². The average molecular weight is 286 g/mol. The topological polar surface area (TPSA) is 75.9 Å². The van der Waals surface area contributed by atoms with Gasteiger partial charge in [-0.05, 0) is 40.6 Å². The van der Waals surface area contributed by atoms with Gasteiger partial charge in [0.05, 0.1) is 4.47 Å². The fourth-order valence-electron chi connectivity index (χ4n) is 1.66. The SMILES string of the molecule is CCC1(CNc2nc(NN)ncc2Br)CC1. The molecule has 0 bridgehead atoms. The first-order chi connectivity index (χ1) is 7.69. The maximum atomic E-state index is 5.27. The molecule has 1 aromatic heterocycles. The number of aromatic nitrogens is 2. The standard InChI is InChI=1S/C10H16BrN5/c1-2-10(3-4-10)6-14-8-7(11)5-13-9(15-8)16-12/h5H,2-4,6,12H2,1H3,(H2,13,14,15,16). The molecule has 0 saturated heterocycles. The predicted octanol–water partition coefficient (Wildman–Crippen LogP) is 2.13. The minimum Gasteiger partial charge on any atom is -0.368 e. The Morgan fingerprint density at radius 1 is 1.56 bits per heavy atom. The molecule has 4 N–H and O–H groups in total. The van der Waals surface area contributed by atoms with Gasteiger partial charge in [-0.15, -0.1) is 0 Å². The van der Waals surface area contributed by atoms with Crippen LogP contribution in [0.3, 0.4) is 0 Å². The molecule has 0 spiro atoms. The van der Waals surface area contributed by atoms with Gasteiger partial charge in [0.25, 0.3) is 0 Å². The molecule has 0 atom stereocenters. The van der Waals surface area contributed by atoms with Crippen molar-refractivity contribution in [3.63, 3.8) is 0 Å². The van der Waals surface area contributed by atoms with Crippen molar-refractivity contribution in [2.45, 2.75) is 26.2 Å². The smallest absolute Gasteiger partial charge is 0.239 e. The summed E-state index contributed by atoms with van der Waals surface area (Å²) in [5.41, 5.74) is 2.93. The molecular formula is C10H16BrN5. The number of nitrogens with two attached hydrogens (primary N) is 1. The van der Waals surface area contributed by atoms with Crippen LogP contribution in [0.5, 0.6) is 0 Å². The fourth-order valence-corrected chi connectivity index (χ4v) is 2.00. The lowest BCUT2D eigenvalue weighted by molar-refractivity contribution is 0.520. The molecule has 1 aromatic rings. The first-order valence-electron chi connectivity index (χ1n) is 5.42. The Hall–Kier alpha value is -0.880. The van der Waals surface area contributed by atoms with E-state index in [1.807, 2.05) is 0 Å². The highest BCUT2D eigenvalue weighted by Crippen LogP contribution is 2.48. The van der Waals surface area contributed by atoms with Crippen LogP contribution in [0.4, 0.5) is 11.8 Å². The zero-order valence-electron chi connectivity index (χ0n) is 9.26. The van der Waals surface area contributed by atoms with Crippen LogP contribution in [-0.2, 0) is 0 Å². The van der Waals surface area contributed by atoms with Crippen LogP contribution in [0, 0.1) is 5.41 Å². The van der Waals surface area contributed by atoms with Crippen LogP contribution in [0.1, 0.15) is 26.2 Å². The molecule has 1 fully saturated rings. The normalized spacial score (nSPS) is 16.9. The van der Waals surface area contributed by atoms with Gasteiger partial charge >= 0.3 is 0 Å². The summed E-state index contributed by atoms with van der Waals surface area (Å²) >= 11 is 3.41. The number of nitrogen functional groups attached to an aromatic ring is 1. The summed E-state index contributed by atoms with van der Waals surface area (Å²) in [7, 11) is 0. The van der Waals surface area contributed by atoms with Gasteiger partial charge in [-0.3, -0.25) is 5.43 Å². The van der Waals surface area contributed by atoms with Crippen molar-refractivity contribution in [1.82, 2.24) is 9.97 Å². The number of nitrogens with zero attached hydrogens (tertiary/aromatic N) is 2. The number of hydrazine groups is 1. The molecule has 0 unspecified atom stereocenters. The number of anilines is 2. The van der Waals surface area contributed by atoms with Gasteiger partial charge in [0.15, 0.2) is 0 Å². The lowest BCUT2D eigenvalue weighted by Crippen LogP contribution is -2.17. The van der Waals surface area contributed by atoms with Crippen molar-refractivity contribution in [1.29, 1.82) is 0 Å². The number of nitrogens with one attached hydrogen (secondary N) is 2. The van der Waals surface area contributed by atoms with Crippen LogP contribution in [0.15, 0.2) is 10.7 Å². The molecule has 88 valence electrons. The second-order valence-electron chi connectivity index (χ2n) is 4.24. The van der Waals surface area contributed by atoms with Crippen molar-refractivity contribution in [3.8, 4) is 0 Å². The monoisotopic (exact) mass is 285 g/mol. The van der Waals surface area contributed by atoms with Gasteiger partial charge in [-0.25, -0.2) is 10.8 Å². The molecule has 5 nitrogen and oxygen atoms in total. The van der Waals surface area contributed by atoms with Crippen molar-refractivity contribution in [2.24, 2.45) is 11.3 Å². The Morgan fingerprint density at radius 2 is 2.31 bits per heavy atom. The van der Waals surface area contributed by atoms with E-state index in [2.05, 4.69) is 43.6 Å². The zero-order valence-corrected chi connectivity index (χ0v) is 10.8. The lowest BCUT2D eigenvalue weighted by Gasteiger charge is -2.15. The summed E-state index contributed by atoms with van der Waals surface area (Å²) in [6, 6.07) is 0. The molecule has 1 saturated carbocycles. The molecule has 0 amide bonds. The Kier molecular flexibility index (Phi) is 3.30. The second-order valence-corrected chi connectivity index (χ2v) is 5.10. The van der Waals surface area contributed by atoms with E-state index in [9.17, 15) is 0 Å². The molecule has 0 aliphatic heterocycles. The summed E-state index contributed by atoms with van der Waals surface area (Å²) in [6.07, 6.45) is 5.52. The highest BCUT2D eigenvalue weighted by molar-refractivity contribution is 9.10. The van der Waals surface area contributed by atoms with E-state index in [0.29, 0.717) is 11.4 Å². The maximum absolute atomic E-state index is 5.27. The second kappa shape index (κ2) is 4.55. The minimum absolute atomic E-state index is 0.423. The third kappa shape index (κ3) is 2.44. The molecular weight excluding hydrogens is 270 g/mol. The summed E-state index contributed by atoms with van der Waals surface area (Å²) in [4.78, 5) is 8.25. The van der Waals surface area contributed by atoms with E-state index in [-0.39, 0.29) is 0 Å². The van der Waals surface area contributed by atoms with Crippen LogP contribution in [0.2, 0.25) is 0 Å². The third-order valence-corrected chi connectivity index (χ3v) is 3.79. The van der Waals surface area contributed by atoms with Crippen LogP contribution >= 0.6 is 15.9 Å². The highest BCUT2D eigenvalue weighted by atomic mass is 79.9. The Balaban J connectivity index is 2.03. The quantitative estimate of drug-likeness (QED) is 0.571. The van der Waals surface area contributed by atoms with Gasteiger partial charge in [-0.1, -0.05) is 6.92 Å². The highest BCUT2D eigenvalue weighted by Gasteiger charge is 2.40. The summed E-state index contributed by atoms with van der Waals surface area (Å²) in [6.45, 7) is 3.19. The van der Waals surface area contributed by atoms with Crippen molar-refractivity contribution in [3.05, 3.63) is 10.7 Å². The predicted molar refractivity (Wildman–Crippen MR) is 68.0 cm³/mol. The molecule has 1 heterocycles. The largest absolute Gasteiger partial charge is 0.368 e. The molecule has 1 aliphatic rings. The number of hydrogen-bond donors (Lipinski definition) is 3. The summed E-state index contributed by atoms with van der Waals surface area (Å²) < 4.78 is 0.860. The Labute approximate surface area is 103 Å². The van der Waals surface area contributed by atoms with E-state index in [1.165, 1.54) is 19.3 Å². The van der Waals surface area contributed by atoms with Crippen molar-refractivity contribution in [2.75, 3.05) is 17.3 Å². The maximum Gasteiger partial charge on any atom is 0.239 e. The Bertz CT molecular complexity index is 377. The molecule has 2 rings (SSSR count). The lowest BCUT2D eigenvalue weighted by atomic mass is 10.0. The minimum atomic E-state index is 0.423.